The predicted molar refractivity (Wildman–Crippen MR) is 70.5 cm³/mol. The largest absolute Gasteiger partial charge is 0.383 e. The Hall–Kier alpha value is -0.140. The van der Waals surface area contributed by atoms with Crippen molar-refractivity contribution in [2.45, 2.75) is 13.0 Å². The van der Waals surface area contributed by atoms with E-state index in [-0.39, 0.29) is 11.9 Å². The van der Waals surface area contributed by atoms with Crippen LogP contribution in [0.4, 0.5) is 0 Å². The fraction of sp³-hybridized carbons (Fsp3) is 0.500. The number of halogens is 1. The van der Waals surface area contributed by atoms with Gasteiger partial charge in [0.15, 0.2) is 0 Å². The third kappa shape index (κ3) is 3.42. The maximum absolute atomic E-state index is 11.9. The van der Waals surface area contributed by atoms with Crippen molar-refractivity contribution < 1.29 is 9.53 Å². The summed E-state index contributed by atoms with van der Waals surface area (Å²) in [7, 11) is 3.44. The molecule has 0 aromatic carbocycles. The number of rotatable bonds is 4. The van der Waals surface area contributed by atoms with Crippen molar-refractivity contribution in [3.05, 3.63) is 19.9 Å². The zero-order chi connectivity index (χ0) is 11.4. The second kappa shape index (κ2) is 5.81. The molecular formula is C10H14INO2S. The van der Waals surface area contributed by atoms with Gasteiger partial charge in [-0.15, -0.1) is 11.3 Å². The molecule has 1 aromatic rings. The number of carbonyl (C=O) groups excluding carboxylic acids is 1. The number of amides is 1. The fourth-order valence-electron chi connectivity index (χ4n) is 1.18. The minimum absolute atomic E-state index is 0.0544. The molecule has 1 unspecified atom stereocenters. The second-order valence-corrected chi connectivity index (χ2v) is 6.17. The quantitative estimate of drug-likeness (QED) is 0.789. The predicted octanol–water partition coefficient (Wildman–Crippen LogP) is 2.46. The van der Waals surface area contributed by atoms with Crippen LogP contribution in [0, 0.1) is 2.88 Å². The van der Waals surface area contributed by atoms with Crippen LogP contribution in [0.3, 0.4) is 0 Å². The van der Waals surface area contributed by atoms with Gasteiger partial charge in [0.25, 0.3) is 5.91 Å². The lowest BCUT2D eigenvalue weighted by molar-refractivity contribution is 0.0634. The number of ether oxygens (including phenoxy) is 1. The average molecular weight is 339 g/mol. The Balaban J connectivity index is 2.68. The molecule has 3 nitrogen and oxygen atoms in total. The van der Waals surface area contributed by atoms with Crippen LogP contribution in [0.1, 0.15) is 17.3 Å². The van der Waals surface area contributed by atoms with E-state index in [0.717, 1.165) is 8.45 Å². The molecule has 0 aliphatic heterocycles. The van der Waals surface area contributed by atoms with E-state index in [4.69, 9.17) is 4.74 Å². The van der Waals surface area contributed by atoms with Crippen molar-refractivity contribution in [2.24, 2.45) is 0 Å². The molecule has 5 heteroatoms. The van der Waals surface area contributed by atoms with Crippen LogP contribution in [0.15, 0.2) is 11.4 Å². The minimum Gasteiger partial charge on any atom is -0.383 e. The van der Waals surface area contributed by atoms with Gasteiger partial charge >= 0.3 is 0 Å². The van der Waals surface area contributed by atoms with E-state index in [1.165, 1.54) is 0 Å². The molecule has 1 heterocycles. The lowest BCUT2D eigenvalue weighted by atomic mass is 10.2. The number of nitrogens with zero attached hydrogens (tertiary/aromatic N) is 1. The Kier molecular flexibility index (Phi) is 5.01. The first-order chi connectivity index (χ1) is 7.06. The molecule has 1 aromatic heterocycles. The van der Waals surface area contributed by atoms with Gasteiger partial charge in [0.05, 0.1) is 21.1 Å². The van der Waals surface area contributed by atoms with Gasteiger partial charge in [-0.3, -0.25) is 4.79 Å². The Morgan fingerprint density at radius 3 is 2.87 bits per heavy atom. The molecule has 0 saturated heterocycles. The Labute approximate surface area is 108 Å². The molecular weight excluding hydrogens is 325 g/mol. The van der Waals surface area contributed by atoms with Gasteiger partial charge in [0.2, 0.25) is 0 Å². The van der Waals surface area contributed by atoms with Gasteiger partial charge in [-0.1, -0.05) is 0 Å². The zero-order valence-corrected chi connectivity index (χ0v) is 12.0. The number of carbonyl (C=O) groups is 1. The summed E-state index contributed by atoms with van der Waals surface area (Å²) < 4.78 is 6.15. The van der Waals surface area contributed by atoms with E-state index >= 15 is 0 Å². The Morgan fingerprint density at radius 2 is 2.40 bits per heavy atom. The van der Waals surface area contributed by atoms with Crippen molar-refractivity contribution in [2.75, 3.05) is 20.8 Å². The highest BCUT2D eigenvalue weighted by Gasteiger charge is 2.18. The zero-order valence-electron chi connectivity index (χ0n) is 8.99. The van der Waals surface area contributed by atoms with E-state index in [9.17, 15) is 4.79 Å². The molecule has 0 bridgehead atoms. The number of hydrogen-bond donors (Lipinski definition) is 0. The number of likely N-dealkylation sites (N-methyl/N-ethyl adjacent to an activating group) is 1. The third-order valence-corrected chi connectivity index (χ3v) is 3.99. The van der Waals surface area contributed by atoms with Gasteiger partial charge in [0.1, 0.15) is 0 Å². The smallest absolute Gasteiger partial charge is 0.254 e. The monoisotopic (exact) mass is 339 g/mol. The highest BCUT2D eigenvalue weighted by molar-refractivity contribution is 14.1. The number of hydrogen-bond acceptors (Lipinski definition) is 3. The summed E-state index contributed by atoms with van der Waals surface area (Å²) in [6, 6.07) is 2.00. The maximum Gasteiger partial charge on any atom is 0.254 e. The molecule has 0 aliphatic carbocycles. The van der Waals surface area contributed by atoms with Crippen molar-refractivity contribution >= 4 is 39.8 Å². The molecule has 84 valence electrons. The second-order valence-electron chi connectivity index (χ2n) is 3.36. The summed E-state index contributed by atoms with van der Waals surface area (Å²) in [5.74, 6) is 0.0544. The van der Waals surface area contributed by atoms with E-state index in [2.05, 4.69) is 22.6 Å². The summed E-state index contributed by atoms with van der Waals surface area (Å²) >= 11 is 3.80. The van der Waals surface area contributed by atoms with E-state index in [1.807, 2.05) is 18.4 Å². The topological polar surface area (TPSA) is 29.5 Å². The van der Waals surface area contributed by atoms with Crippen LogP contribution in [0.2, 0.25) is 0 Å². The summed E-state index contributed by atoms with van der Waals surface area (Å²) in [6.07, 6.45) is 0. The van der Waals surface area contributed by atoms with Crippen molar-refractivity contribution in [1.29, 1.82) is 0 Å². The first-order valence-electron chi connectivity index (χ1n) is 4.56. The summed E-state index contributed by atoms with van der Waals surface area (Å²) in [4.78, 5) is 13.7. The molecule has 1 atom stereocenters. The van der Waals surface area contributed by atoms with Crippen LogP contribution in [0.5, 0.6) is 0 Å². The highest BCUT2D eigenvalue weighted by atomic mass is 127. The molecule has 15 heavy (non-hydrogen) atoms. The summed E-state index contributed by atoms with van der Waals surface area (Å²) in [5, 5.41) is 1.89. The summed E-state index contributed by atoms with van der Waals surface area (Å²) in [6.45, 7) is 2.53. The first-order valence-corrected chi connectivity index (χ1v) is 6.52. The lowest BCUT2D eigenvalue weighted by Gasteiger charge is -2.23. The molecule has 0 radical (unpaired) electrons. The van der Waals surface area contributed by atoms with Gasteiger partial charge < -0.3 is 9.64 Å². The van der Waals surface area contributed by atoms with Gasteiger partial charge in [0, 0.05) is 19.5 Å². The van der Waals surface area contributed by atoms with E-state index < -0.39 is 0 Å². The standard InChI is InChI=1S/C10H14INO2S/c1-7(5-14-3)12(2)10(13)8-4-9(11)15-6-8/h4,6-7H,5H2,1-3H3. The van der Waals surface area contributed by atoms with Gasteiger partial charge in [-0.05, 0) is 35.6 Å². The van der Waals surface area contributed by atoms with Crippen LogP contribution < -0.4 is 0 Å². The first kappa shape index (κ1) is 12.9. The molecule has 0 spiro atoms. The highest BCUT2D eigenvalue weighted by Crippen LogP contribution is 2.18. The molecule has 0 fully saturated rings. The Morgan fingerprint density at radius 1 is 1.73 bits per heavy atom. The summed E-state index contributed by atoms with van der Waals surface area (Å²) in [5.41, 5.74) is 0.759. The fourth-order valence-corrected chi connectivity index (χ4v) is 2.50. The third-order valence-electron chi connectivity index (χ3n) is 2.20. The van der Waals surface area contributed by atoms with Gasteiger partial charge in [-0.2, -0.15) is 0 Å². The molecule has 0 N–H and O–H groups in total. The van der Waals surface area contributed by atoms with Crippen molar-refractivity contribution in [1.82, 2.24) is 4.90 Å². The molecule has 1 amide bonds. The molecule has 1 rings (SSSR count). The number of methoxy groups -OCH3 is 1. The van der Waals surface area contributed by atoms with Gasteiger partial charge in [-0.25, -0.2) is 0 Å². The average Bonchev–Trinajstić information content (AvgIpc) is 2.63. The SMILES string of the molecule is COCC(C)N(C)C(=O)c1csc(I)c1. The minimum atomic E-state index is 0.0544. The van der Waals surface area contributed by atoms with E-state index in [1.54, 1.807) is 30.4 Å². The van der Waals surface area contributed by atoms with Crippen LogP contribution in [-0.2, 0) is 4.74 Å². The number of thiophene rings is 1. The van der Waals surface area contributed by atoms with E-state index in [0.29, 0.717) is 6.61 Å². The lowest BCUT2D eigenvalue weighted by Crippen LogP contribution is -2.37. The van der Waals surface area contributed by atoms with Crippen LogP contribution in [-0.4, -0.2) is 37.6 Å². The van der Waals surface area contributed by atoms with Crippen LogP contribution >= 0.6 is 33.9 Å². The normalized spacial score (nSPS) is 12.5. The van der Waals surface area contributed by atoms with Crippen molar-refractivity contribution in [3.63, 3.8) is 0 Å². The molecule has 0 saturated carbocycles. The van der Waals surface area contributed by atoms with Crippen LogP contribution in [0.25, 0.3) is 0 Å². The Bertz CT molecular complexity index is 340. The maximum atomic E-state index is 11.9. The van der Waals surface area contributed by atoms with Crippen molar-refractivity contribution in [3.8, 4) is 0 Å². The molecule has 0 aliphatic rings.